The Morgan fingerprint density at radius 1 is 1.61 bits per heavy atom. The predicted molar refractivity (Wildman–Crippen MR) is 66.5 cm³/mol. The third-order valence-electron chi connectivity index (χ3n) is 3.07. The van der Waals surface area contributed by atoms with Crippen molar-refractivity contribution in [1.29, 1.82) is 5.26 Å². The van der Waals surface area contributed by atoms with Gasteiger partial charge in [-0.1, -0.05) is 0 Å². The maximum absolute atomic E-state index is 12.0. The normalized spacial score (nSPS) is 19.4. The summed E-state index contributed by atoms with van der Waals surface area (Å²) in [5.41, 5.74) is -0.349. The van der Waals surface area contributed by atoms with Gasteiger partial charge < -0.3 is 15.5 Å². The number of hydrogen-bond acceptors (Lipinski definition) is 4. The number of carbonyl (C=O) groups excluding carboxylic acids is 2. The van der Waals surface area contributed by atoms with E-state index < -0.39 is 0 Å². The third kappa shape index (κ3) is 4.00. The molecule has 6 heteroatoms. The lowest BCUT2D eigenvalue weighted by Gasteiger charge is -2.27. The molecular formula is C12H20N4O2. The van der Waals surface area contributed by atoms with Gasteiger partial charge in [-0.05, 0) is 26.7 Å². The lowest BCUT2D eigenvalue weighted by atomic mass is 10.1. The van der Waals surface area contributed by atoms with E-state index >= 15 is 0 Å². The Morgan fingerprint density at radius 2 is 2.33 bits per heavy atom. The fraction of sp³-hybridized carbons (Fsp3) is 0.750. The zero-order chi connectivity index (χ0) is 13.6. The Balaban J connectivity index is 2.41. The van der Waals surface area contributed by atoms with Crippen LogP contribution in [0.3, 0.4) is 0 Å². The number of hydrogen-bond donors (Lipinski definition) is 2. The molecule has 0 aliphatic carbocycles. The standard InChI is InChI=1S/C12H20N4O2/c1-12(2,8-14-9-17)15-7-11(18)16-5-3-4-10(16)6-13/h9-10,15H,3-5,7-8H2,1-2H3,(H,14,17). The van der Waals surface area contributed by atoms with Gasteiger partial charge in [-0.15, -0.1) is 0 Å². The van der Waals surface area contributed by atoms with Crippen molar-refractivity contribution in [3.8, 4) is 6.07 Å². The van der Waals surface area contributed by atoms with Crippen molar-refractivity contribution in [3.63, 3.8) is 0 Å². The fourth-order valence-electron chi connectivity index (χ4n) is 1.98. The summed E-state index contributed by atoms with van der Waals surface area (Å²) in [6.07, 6.45) is 2.29. The molecule has 0 aromatic heterocycles. The van der Waals surface area contributed by atoms with Crippen LogP contribution >= 0.6 is 0 Å². The Bertz CT molecular complexity index is 348. The van der Waals surface area contributed by atoms with E-state index in [1.807, 2.05) is 13.8 Å². The van der Waals surface area contributed by atoms with Crippen LogP contribution in [-0.4, -0.2) is 48.4 Å². The summed E-state index contributed by atoms with van der Waals surface area (Å²) in [7, 11) is 0. The SMILES string of the molecule is CC(C)(CNC=O)NCC(=O)N1CCCC1C#N. The van der Waals surface area contributed by atoms with Gasteiger partial charge in [-0.3, -0.25) is 9.59 Å². The topological polar surface area (TPSA) is 85.2 Å². The second kappa shape index (κ2) is 6.36. The van der Waals surface area contributed by atoms with Crippen LogP contribution in [-0.2, 0) is 9.59 Å². The van der Waals surface area contributed by atoms with E-state index in [1.165, 1.54) is 0 Å². The Hall–Kier alpha value is -1.61. The molecule has 1 heterocycles. The second-order valence-electron chi connectivity index (χ2n) is 5.11. The number of rotatable bonds is 6. The van der Waals surface area contributed by atoms with Gasteiger partial charge in [0.2, 0.25) is 12.3 Å². The van der Waals surface area contributed by atoms with Crippen molar-refractivity contribution < 1.29 is 9.59 Å². The highest BCUT2D eigenvalue weighted by Crippen LogP contribution is 2.16. The van der Waals surface area contributed by atoms with Crippen LogP contribution in [0.2, 0.25) is 0 Å². The summed E-state index contributed by atoms with van der Waals surface area (Å²) in [5, 5.41) is 14.6. The number of amides is 2. The maximum atomic E-state index is 12.0. The van der Waals surface area contributed by atoms with E-state index in [2.05, 4.69) is 16.7 Å². The van der Waals surface area contributed by atoms with Crippen molar-refractivity contribution >= 4 is 12.3 Å². The molecule has 2 N–H and O–H groups in total. The molecule has 0 saturated carbocycles. The molecule has 0 spiro atoms. The van der Waals surface area contributed by atoms with E-state index in [4.69, 9.17) is 5.26 Å². The van der Waals surface area contributed by atoms with E-state index in [1.54, 1.807) is 4.90 Å². The smallest absolute Gasteiger partial charge is 0.237 e. The van der Waals surface area contributed by atoms with Crippen molar-refractivity contribution in [2.45, 2.75) is 38.3 Å². The number of nitrogens with zero attached hydrogens (tertiary/aromatic N) is 2. The van der Waals surface area contributed by atoms with Gasteiger partial charge in [-0.25, -0.2) is 0 Å². The monoisotopic (exact) mass is 252 g/mol. The first kappa shape index (κ1) is 14.5. The molecule has 1 aliphatic rings. The molecule has 1 rings (SSSR count). The summed E-state index contributed by atoms with van der Waals surface area (Å²) >= 11 is 0. The molecule has 2 amide bonds. The fourth-order valence-corrected chi connectivity index (χ4v) is 1.98. The van der Waals surface area contributed by atoms with Crippen LogP contribution in [0.25, 0.3) is 0 Å². The highest BCUT2D eigenvalue weighted by molar-refractivity contribution is 5.79. The molecule has 1 atom stereocenters. The third-order valence-corrected chi connectivity index (χ3v) is 3.07. The minimum absolute atomic E-state index is 0.0572. The van der Waals surface area contributed by atoms with Crippen LogP contribution < -0.4 is 10.6 Å². The largest absolute Gasteiger partial charge is 0.357 e. The summed E-state index contributed by atoms with van der Waals surface area (Å²) in [5.74, 6) is -0.0572. The molecule has 1 unspecified atom stereocenters. The molecule has 0 aromatic carbocycles. The second-order valence-corrected chi connectivity index (χ2v) is 5.11. The van der Waals surface area contributed by atoms with Crippen LogP contribution in [0, 0.1) is 11.3 Å². The van der Waals surface area contributed by atoms with Crippen LogP contribution in [0.4, 0.5) is 0 Å². The summed E-state index contributed by atoms with van der Waals surface area (Å²) in [6.45, 7) is 5.11. The van der Waals surface area contributed by atoms with Crippen molar-refractivity contribution in [2.24, 2.45) is 0 Å². The quantitative estimate of drug-likeness (QED) is 0.631. The number of carbonyl (C=O) groups is 2. The van der Waals surface area contributed by atoms with E-state index in [0.717, 1.165) is 12.8 Å². The Kier molecular flexibility index (Phi) is 5.10. The predicted octanol–water partition coefficient (Wildman–Crippen LogP) is -0.385. The highest BCUT2D eigenvalue weighted by atomic mass is 16.2. The Labute approximate surface area is 107 Å². The summed E-state index contributed by atoms with van der Waals surface area (Å²) < 4.78 is 0. The van der Waals surface area contributed by atoms with Gasteiger partial charge >= 0.3 is 0 Å². The Morgan fingerprint density at radius 3 is 2.94 bits per heavy atom. The number of nitriles is 1. The average molecular weight is 252 g/mol. The molecule has 0 aromatic rings. The van der Waals surface area contributed by atoms with Gasteiger partial charge in [0, 0.05) is 18.6 Å². The molecule has 6 nitrogen and oxygen atoms in total. The molecule has 100 valence electrons. The molecular weight excluding hydrogens is 232 g/mol. The van der Waals surface area contributed by atoms with Gasteiger partial charge in [0.25, 0.3) is 0 Å². The molecule has 0 bridgehead atoms. The number of nitrogens with one attached hydrogen (secondary N) is 2. The maximum Gasteiger partial charge on any atom is 0.237 e. The van der Waals surface area contributed by atoms with Crippen LogP contribution in [0.15, 0.2) is 0 Å². The zero-order valence-electron chi connectivity index (χ0n) is 10.9. The first-order valence-corrected chi connectivity index (χ1v) is 6.11. The van der Waals surface area contributed by atoms with Crippen LogP contribution in [0.1, 0.15) is 26.7 Å². The minimum atomic E-state index is -0.349. The first-order chi connectivity index (χ1) is 8.50. The van der Waals surface area contributed by atoms with Crippen molar-refractivity contribution in [3.05, 3.63) is 0 Å². The van der Waals surface area contributed by atoms with E-state index in [9.17, 15) is 9.59 Å². The molecule has 0 radical (unpaired) electrons. The lowest BCUT2D eigenvalue weighted by molar-refractivity contribution is -0.130. The van der Waals surface area contributed by atoms with Crippen molar-refractivity contribution in [1.82, 2.24) is 15.5 Å². The molecule has 1 fully saturated rings. The van der Waals surface area contributed by atoms with Gasteiger partial charge in [0.15, 0.2) is 0 Å². The van der Waals surface area contributed by atoms with E-state index in [0.29, 0.717) is 19.5 Å². The number of likely N-dealkylation sites (tertiary alicyclic amines) is 1. The van der Waals surface area contributed by atoms with Gasteiger partial charge in [0.1, 0.15) is 6.04 Å². The minimum Gasteiger partial charge on any atom is -0.357 e. The first-order valence-electron chi connectivity index (χ1n) is 6.11. The lowest BCUT2D eigenvalue weighted by Crippen LogP contribution is -2.51. The highest BCUT2D eigenvalue weighted by Gasteiger charge is 2.29. The summed E-state index contributed by atoms with van der Waals surface area (Å²) in [4.78, 5) is 23.8. The molecule has 1 aliphatic heterocycles. The van der Waals surface area contributed by atoms with Crippen LogP contribution in [0.5, 0.6) is 0 Å². The molecule has 1 saturated heterocycles. The van der Waals surface area contributed by atoms with Crippen molar-refractivity contribution in [2.75, 3.05) is 19.6 Å². The van der Waals surface area contributed by atoms with Gasteiger partial charge in [0.05, 0.1) is 12.6 Å². The van der Waals surface area contributed by atoms with Gasteiger partial charge in [-0.2, -0.15) is 5.26 Å². The summed E-state index contributed by atoms with van der Waals surface area (Å²) in [6, 6.07) is 1.86. The zero-order valence-corrected chi connectivity index (χ0v) is 10.9. The molecule has 18 heavy (non-hydrogen) atoms. The van der Waals surface area contributed by atoms with E-state index in [-0.39, 0.29) is 24.0 Å². The average Bonchev–Trinajstić information content (AvgIpc) is 2.82.